The molecule has 1 aliphatic carbocycles. The number of aromatic nitrogens is 4. The first-order valence-corrected chi connectivity index (χ1v) is 13.7. The molecule has 2 aliphatic rings. The van der Waals surface area contributed by atoms with Gasteiger partial charge in [-0.05, 0) is 64.8 Å². The van der Waals surface area contributed by atoms with E-state index in [1.165, 1.54) is 0 Å². The predicted molar refractivity (Wildman–Crippen MR) is 154 cm³/mol. The highest BCUT2D eigenvalue weighted by atomic mass is 16.7. The number of hydrogen-bond donors (Lipinski definition) is 0. The molecule has 3 heterocycles. The molecule has 1 saturated carbocycles. The van der Waals surface area contributed by atoms with E-state index in [4.69, 9.17) is 24.2 Å². The maximum Gasteiger partial charge on any atom is 0.410 e. The Hall–Kier alpha value is -3.92. The highest BCUT2D eigenvalue weighted by Crippen LogP contribution is 2.46. The molecule has 2 aromatic heterocycles. The van der Waals surface area contributed by atoms with Crippen LogP contribution in [-0.4, -0.2) is 75.4 Å². The van der Waals surface area contributed by atoms with Crippen molar-refractivity contribution in [3.63, 3.8) is 0 Å². The summed E-state index contributed by atoms with van der Waals surface area (Å²) in [4.78, 5) is 26.8. The van der Waals surface area contributed by atoms with Crippen LogP contribution in [0.25, 0.3) is 33.2 Å². The molecule has 2 fully saturated rings. The number of fused-ring (bicyclic) bond motifs is 2. The minimum Gasteiger partial charge on any atom is -0.466 e. The van der Waals surface area contributed by atoms with Gasteiger partial charge in [0.1, 0.15) is 11.4 Å². The fourth-order valence-electron chi connectivity index (χ4n) is 5.62. The smallest absolute Gasteiger partial charge is 0.410 e. The lowest BCUT2D eigenvalue weighted by atomic mass is 10.0. The van der Waals surface area contributed by atoms with Gasteiger partial charge < -0.3 is 19.1 Å². The van der Waals surface area contributed by atoms with Gasteiger partial charge >= 0.3 is 6.09 Å². The van der Waals surface area contributed by atoms with E-state index in [0.29, 0.717) is 18.1 Å². The number of aryl methyl sites for hydroxylation is 2. The van der Waals surface area contributed by atoms with E-state index in [2.05, 4.69) is 22.1 Å². The fourth-order valence-corrected chi connectivity index (χ4v) is 5.62. The van der Waals surface area contributed by atoms with Crippen LogP contribution in [0.5, 0.6) is 5.75 Å². The first-order chi connectivity index (χ1) is 19.1. The number of piperazine rings is 1. The van der Waals surface area contributed by atoms with Crippen LogP contribution in [0.1, 0.15) is 39.2 Å². The van der Waals surface area contributed by atoms with Crippen LogP contribution in [-0.2, 0) is 16.5 Å². The number of hydrogen-bond acceptors (Lipinski definition) is 8. The van der Waals surface area contributed by atoms with Crippen LogP contribution in [0.4, 0.5) is 10.5 Å². The van der Waals surface area contributed by atoms with Gasteiger partial charge in [0.05, 0.1) is 22.1 Å². The molecule has 210 valence electrons. The Morgan fingerprint density at radius 3 is 2.65 bits per heavy atom. The van der Waals surface area contributed by atoms with Gasteiger partial charge in [0.2, 0.25) is 0 Å². The fraction of sp³-hybridized carbons (Fsp3) is 0.467. The number of ether oxygens (including phenoxy) is 3. The van der Waals surface area contributed by atoms with Crippen LogP contribution >= 0.6 is 0 Å². The predicted octanol–water partition coefficient (Wildman–Crippen LogP) is 5.06. The molecule has 40 heavy (non-hydrogen) atoms. The third-order valence-corrected chi connectivity index (χ3v) is 7.68. The van der Waals surface area contributed by atoms with Gasteiger partial charge in [-0.15, -0.1) is 0 Å². The van der Waals surface area contributed by atoms with Crippen molar-refractivity contribution in [2.24, 2.45) is 7.05 Å². The van der Waals surface area contributed by atoms with Crippen molar-refractivity contribution in [1.82, 2.24) is 24.6 Å². The second-order valence-electron chi connectivity index (χ2n) is 11.9. The molecule has 1 spiro atoms. The largest absolute Gasteiger partial charge is 0.466 e. The first-order valence-electron chi connectivity index (χ1n) is 13.7. The molecule has 0 bridgehead atoms. The number of rotatable bonds is 5. The van der Waals surface area contributed by atoms with Crippen LogP contribution in [0.15, 0.2) is 36.7 Å². The van der Waals surface area contributed by atoms with Crippen molar-refractivity contribution in [3.8, 4) is 17.1 Å². The van der Waals surface area contributed by atoms with Crippen LogP contribution in [0, 0.1) is 6.92 Å². The minimum absolute atomic E-state index is 0.117. The lowest BCUT2D eigenvalue weighted by molar-refractivity contribution is 0.0106. The maximum atomic E-state index is 12.9. The lowest BCUT2D eigenvalue weighted by Gasteiger charge is -2.43. The molecule has 4 aromatic rings. The quantitative estimate of drug-likeness (QED) is 0.322. The Bertz CT molecular complexity index is 1600. The first kappa shape index (κ1) is 26.3. The summed E-state index contributed by atoms with van der Waals surface area (Å²) >= 11 is 0. The monoisotopic (exact) mass is 544 g/mol. The molecule has 0 atom stereocenters. The van der Waals surface area contributed by atoms with Gasteiger partial charge in [-0.3, -0.25) is 9.58 Å². The number of carbonyl (C=O) groups excluding carboxylic acids is 1. The van der Waals surface area contributed by atoms with Gasteiger partial charge in [-0.2, -0.15) is 5.10 Å². The van der Waals surface area contributed by atoms with Gasteiger partial charge in [0.25, 0.3) is 0 Å². The molecule has 10 nitrogen and oxygen atoms in total. The number of benzene rings is 2. The van der Waals surface area contributed by atoms with E-state index >= 15 is 0 Å². The summed E-state index contributed by atoms with van der Waals surface area (Å²) in [5, 5.41) is 6.54. The number of nitrogens with zero attached hydrogens (tertiary/aromatic N) is 6. The van der Waals surface area contributed by atoms with Gasteiger partial charge in [0.15, 0.2) is 12.6 Å². The molecular formula is C30H36N6O4. The summed E-state index contributed by atoms with van der Waals surface area (Å²) in [6, 6.07) is 8.31. The van der Waals surface area contributed by atoms with Crippen molar-refractivity contribution < 1.29 is 19.0 Å². The molecule has 0 radical (unpaired) electrons. The maximum absolute atomic E-state index is 12.9. The van der Waals surface area contributed by atoms with Crippen LogP contribution in [0.2, 0.25) is 0 Å². The lowest BCUT2D eigenvalue weighted by Crippen LogP contribution is -2.58. The third-order valence-electron chi connectivity index (χ3n) is 7.68. The molecule has 10 heteroatoms. The number of carbonyl (C=O) groups is 1. The van der Waals surface area contributed by atoms with E-state index < -0.39 is 5.60 Å². The average molecular weight is 545 g/mol. The van der Waals surface area contributed by atoms with Crippen LogP contribution < -0.4 is 9.64 Å². The topological polar surface area (TPSA) is 94.8 Å². The summed E-state index contributed by atoms with van der Waals surface area (Å²) in [5.41, 5.74) is 3.92. The molecule has 1 saturated heterocycles. The van der Waals surface area contributed by atoms with Crippen molar-refractivity contribution in [3.05, 3.63) is 42.2 Å². The Balaban J connectivity index is 1.28. The number of anilines is 1. The normalized spacial score (nSPS) is 16.6. The zero-order chi connectivity index (χ0) is 28.2. The summed E-state index contributed by atoms with van der Waals surface area (Å²) in [7, 11) is 3.50. The standard InChI is InChI=1S/C30H36N6O4/c1-19-25-21(16-34(5)33-25)14-23(26(19)39-18-38-6)27-31-15-20-13-22(7-8-24(20)32-27)35-11-12-36(30(17-35)9-10-30)28(37)40-29(2,3)4/h7-8,13-16H,9-12,17-18H2,1-6H3. The van der Waals surface area contributed by atoms with Crippen molar-refractivity contribution >= 4 is 33.6 Å². The second kappa shape index (κ2) is 9.62. The number of amides is 1. The van der Waals surface area contributed by atoms with Crippen molar-refractivity contribution in [2.45, 2.75) is 51.7 Å². The van der Waals surface area contributed by atoms with Crippen molar-refractivity contribution in [1.29, 1.82) is 0 Å². The Kier molecular flexibility index (Phi) is 6.33. The molecule has 1 amide bonds. The zero-order valence-corrected chi connectivity index (χ0v) is 24.0. The third kappa shape index (κ3) is 4.81. The second-order valence-corrected chi connectivity index (χ2v) is 11.9. The van der Waals surface area contributed by atoms with Gasteiger partial charge in [-0.25, -0.2) is 14.8 Å². The number of methoxy groups -OCH3 is 1. The van der Waals surface area contributed by atoms with Gasteiger partial charge in [0, 0.05) is 68.2 Å². The Morgan fingerprint density at radius 2 is 1.93 bits per heavy atom. The molecular weight excluding hydrogens is 508 g/mol. The zero-order valence-electron chi connectivity index (χ0n) is 24.0. The highest BCUT2D eigenvalue weighted by Gasteiger charge is 2.54. The Morgan fingerprint density at radius 1 is 1.12 bits per heavy atom. The summed E-state index contributed by atoms with van der Waals surface area (Å²) in [6.07, 6.45) is 5.63. The summed E-state index contributed by atoms with van der Waals surface area (Å²) < 4.78 is 18.7. The molecule has 0 unspecified atom stereocenters. The van der Waals surface area contributed by atoms with Crippen LogP contribution in [0.3, 0.4) is 0 Å². The average Bonchev–Trinajstić information content (AvgIpc) is 3.55. The van der Waals surface area contributed by atoms with E-state index in [9.17, 15) is 4.79 Å². The van der Waals surface area contributed by atoms with Gasteiger partial charge in [-0.1, -0.05) is 0 Å². The van der Waals surface area contributed by atoms with E-state index in [1.807, 2.05) is 64.2 Å². The molecule has 1 aliphatic heterocycles. The molecule has 0 N–H and O–H groups in total. The minimum atomic E-state index is -0.499. The highest BCUT2D eigenvalue weighted by molar-refractivity contribution is 5.91. The van der Waals surface area contributed by atoms with E-state index in [1.54, 1.807) is 11.8 Å². The van der Waals surface area contributed by atoms with Crippen molar-refractivity contribution in [2.75, 3.05) is 38.4 Å². The molecule has 6 rings (SSSR count). The molecule has 2 aromatic carbocycles. The van der Waals surface area contributed by atoms with E-state index in [0.717, 1.165) is 64.6 Å². The van der Waals surface area contributed by atoms with E-state index in [-0.39, 0.29) is 18.4 Å². The summed E-state index contributed by atoms with van der Waals surface area (Å²) in [5.74, 6) is 1.25. The Labute approximate surface area is 233 Å². The summed E-state index contributed by atoms with van der Waals surface area (Å²) in [6.45, 7) is 10.0. The SMILES string of the molecule is COCOc1c(-c2ncc3cc(N4CCN(C(=O)OC(C)(C)C)C5(CC5)C4)ccc3n2)cc2cn(C)nc2c1C.